The fraction of sp³-hybridized carbons (Fsp3) is 0.564. The number of fused-ring (bicyclic) bond motifs is 2. The minimum absolute atomic E-state index is 0.00528. The number of hydrogen-bond donors (Lipinski definition) is 4. The molecule has 1 saturated carbocycles. The average molecular weight is 689 g/mol. The summed E-state index contributed by atoms with van der Waals surface area (Å²) in [4.78, 5) is 42.0. The molecule has 11 nitrogen and oxygen atoms in total. The molecular weight excluding hydrogens is 636 g/mol. The van der Waals surface area contributed by atoms with Crippen molar-refractivity contribution in [1.29, 1.82) is 0 Å². The van der Waals surface area contributed by atoms with Gasteiger partial charge in [-0.05, 0) is 88.9 Å². The highest BCUT2D eigenvalue weighted by Crippen LogP contribution is 2.49. The minimum atomic E-state index is -1.14. The second kappa shape index (κ2) is 13.9. The maximum Gasteiger partial charge on any atom is 0.340 e. The number of nitrogens with two attached hydrogens (primary N) is 1. The summed E-state index contributed by atoms with van der Waals surface area (Å²) in [6, 6.07) is 5.70. The third-order valence-corrected chi connectivity index (χ3v) is 11.6. The lowest BCUT2D eigenvalue weighted by Crippen LogP contribution is -2.57. The first-order valence-corrected chi connectivity index (χ1v) is 17.9. The Kier molecular flexibility index (Phi) is 9.94. The molecule has 1 unspecified atom stereocenters. The van der Waals surface area contributed by atoms with E-state index >= 15 is 0 Å². The summed E-state index contributed by atoms with van der Waals surface area (Å²) in [5, 5.41) is 17.1. The molecule has 1 aromatic heterocycles. The number of nitrogens with zero attached hydrogens (tertiary/aromatic N) is 1. The average Bonchev–Trinajstić information content (AvgIpc) is 3.67. The van der Waals surface area contributed by atoms with E-state index in [9.17, 15) is 19.5 Å². The van der Waals surface area contributed by atoms with Gasteiger partial charge in [-0.3, -0.25) is 4.79 Å². The third kappa shape index (κ3) is 6.69. The van der Waals surface area contributed by atoms with Crippen LogP contribution < -0.4 is 26.7 Å². The van der Waals surface area contributed by atoms with Crippen LogP contribution in [0.1, 0.15) is 83.8 Å². The molecule has 1 aliphatic carbocycles. The van der Waals surface area contributed by atoms with Crippen LogP contribution in [0.25, 0.3) is 11.0 Å². The SMILES string of the molecule is CC=C(C)C(=O)OC(C)(C)C1(CC2=C(CC(=O)N3CC(CNC)C3)CNC(N)=C2)Cc2cc3cc(C4(CCO)CCCC4)c(=O)oc3cc2O1. The zero-order chi connectivity index (χ0) is 35.8. The zero-order valence-electron chi connectivity index (χ0n) is 30.1. The predicted octanol–water partition coefficient (Wildman–Crippen LogP) is 4.11. The lowest BCUT2D eigenvalue weighted by molar-refractivity contribution is -0.174. The molecule has 270 valence electrons. The first-order chi connectivity index (χ1) is 23.8. The van der Waals surface area contributed by atoms with Crippen molar-refractivity contribution >= 4 is 22.8 Å². The van der Waals surface area contributed by atoms with Crippen molar-refractivity contribution in [3.05, 3.63) is 74.4 Å². The van der Waals surface area contributed by atoms with Gasteiger partial charge in [0.2, 0.25) is 5.91 Å². The Labute approximate surface area is 293 Å². The summed E-state index contributed by atoms with van der Waals surface area (Å²) in [6.07, 6.45) is 8.74. The Morgan fingerprint density at radius 1 is 1.22 bits per heavy atom. The van der Waals surface area contributed by atoms with Gasteiger partial charge < -0.3 is 40.3 Å². The third-order valence-electron chi connectivity index (χ3n) is 11.6. The van der Waals surface area contributed by atoms with E-state index in [4.69, 9.17) is 19.6 Å². The van der Waals surface area contributed by atoms with Gasteiger partial charge in [-0.2, -0.15) is 0 Å². The number of allylic oxidation sites excluding steroid dienone is 2. The van der Waals surface area contributed by atoms with Crippen LogP contribution in [0.15, 0.2) is 62.1 Å². The molecule has 2 fully saturated rings. The van der Waals surface area contributed by atoms with Gasteiger partial charge >= 0.3 is 11.6 Å². The number of hydrogen-bond acceptors (Lipinski definition) is 10. The number of benzene rings is 1. The first kappa shape index (κ1) is 35.7. The number of carbonyl (C=O) groups excluding carboxylic acids is 2. The quantitative estimate of drug-likeness (QED) is 0.145. The van der Waals surface area contributed by atoms with Gasteiger partial charge in [-0.15, -0.1) is 0 Å². The van der Waals surface area contributed by atoms with E-state index in [0.717, 1.165) is 67.4 Å². The Morgan fingerprint density at radius 2 is 1.96 bits per heavy atom. The molecule has 1 aromatic carbocycles. The maximum atomic E-state index is 13.4. The van der Waals surface area contributed by atoms with E-state index in [2.05, 4.69) is 10.6 Å². The normalized spacial score (nSPS) is 22.2. The van der Waals surface area contributed by atoms with E-state index < -0.39 is 22.6 Å². The molecular formula is C39H52N4O7. The molecule has 11 heteroatoms. The predicted molar refractivity (Wildman–Crippen MR) is 192 cm³/mol. The Bertz CT molecular complexity index is 1810. The Morgan fingerprint density at radius 3 is 2.64 bits per heavy atom. The number of aliphatic hydroxyl groups excluding tert-OH is 1. The summed E-state index contributed by atoms with van der Waals surface area (Å²) < 4.78 is 19.1. The second-order valence-corrected chi connectivity index (χ2v) is 15.2. The van der Waals surface area contributed by atoms with Crippen molar-refractivity contribution < 1.29 is 28.6 Å². The number of amides is 1. The van der Waals surface area contributed by atoms with Gasteiger partial charge in [-0.25, -0.2) is 9.59 Å². The van der Waals surface area contributed by atoms with Crippen LogP contribution in [0.3, 0.4) is 0 Å². The lowest BCUT2D eigenvalue weighted by Gasteiger charge is -2.43. The maximum absolute atomic E-state index is 13.4. The molecule has 0 spiro atoms. The van der Waals surface area contributed by atoms with Crippen LogP contribution >= 0.6 is 0 Å². The Balaban J connectivity index is 1.38. The van der Waals surface area contributed by atoms with Crippen molar-refractivity contribution in [2.45, 2.75) is 95.7 Å². The van der Waals surface area contributed by atoms with E-state index in [1.54, 1.807) is 26.0 Å². The number of carbonyl (C=O) groups is 2. The summed E-state index contributed by atoms with van der Waals surface area (Å²) >= 11 is 0. The molecule has 1 amide bonds. The first-order valence-electron chi connectivity index (χ1n) is 17.9. The van der Waals surface area contributed by atoms with Gasteiger partial charge in [0.15, 0.2) is 5.60 Å². The molecule has 3 aliphatic heterocycles. The molecule has 1 atom stereocenters. The van der Waals surface area contributed by atoms with E-state index in [1.165, 1.54) is 0 Å². The fourth-order valence-electron chi connectivity index (χ4n) is 8.25. The van der Waals surface area contributed by atoms with Crippen molar-refractivity contribution in [3.63, 3.8) is 0 Å². The summed E-state index contributed by atoms with van der Waals surface area (Å²) in [5.74, 6) is 1.12. The summed E-state index contributed by atoms with van der Waals surface area (Å²) in [7, 11) is 1.92. The van der Waals surface area contributed by atoms with Gasteiger partial charge in [-0.1, -0.05) is 18.9 Å². The number of ether oxygens (including phenoxy) is 2. The molecule has 5 N–H and O–H groups in total. The van der Waals surface area contributed by atoms with Crippen molar-refractivity contribution in [2.75, 3.05) is 39.8 Å². The van der Waals surface area contributed by atoms with Gasteiger partial charge in [0.25, 0.3) is 0 Å². The zero-order valence-corrected chi connectivity index (χ0v) is 30.1. The van der Waals surface area contributed by atoms with E-state index in [1.807, 2.05) is 44.0 Å². The van der Waals surface area contributed by atoms with Gasteiger partial charge in [0.1, 0.15) is 16.9 Å². The molecule has 0 radical (unpaired) electrons. The lowest BCUT2D eigenvalue weighted by atomic mass is 9.75. The van der Waals surface area contributed by atoms with Crippen LogP contribution in [-0.2, 0) is 26.2 Å². The second-order valence-electron chi connectivity index (χ2n) is 15.2. The summed E-state index contributed by atoms with van der Waals surface area (Å²) in [6.45, 7) is 10.00. The summed E-state index contributed by atoms with van der Waals surface area (Å²) in [5.41, 5.74) is 7.49. The number of dihydropyridines is 1. The standard InChI is InChI=1S/C39H52N4O7/c1-6-24(2)35(46)50-37(3,4)39(18-27-15-33(40)42-21-29(27)16-34(45)43-22-25(23-43)20-41-5)19-28-13-26-14-30(38(11-12-44)9-7-8-10-38)36(47)48-31(26)17-32(28)49-39/h6,13-15,17,25,41-42,44H,7-12,16,18-23,40H2,1-5H3. The molecule has 50 heavy (non-hydrogen) atoms. The van der Waals surface area contributed by atoms with Crippen molar-refractivity contribution in [1.82, 2.24) is 15.5 Å². The van der Waals surface area contributed by atoms with Crippen LogP contribution in [-0.4, -0.2) is 72.9 Å². The monoisotopic (exact) mass is 688 g/mol. The highest BCUT2D eigenvalue weighted by molar-refractivity contribution is 5.88. The molecule has 6 rings (SSSR count). The van der Waals surface area contributed by atoms with E-state index in [0.29, 0.717) is 60.0 Å². The molecule has 0 bridgehead atoms. The number of esters is 1. The van der Waals surface area contributed by atoms with Gasteiger partial charge in [0, 0.05) is 79.5 Å². The molecule has 4 aliphatic rings. The molecule has 2 aromatic rings. The molecule has 1 saturated heterocycles. The van der Waals surface area contributed by atoms with Gasteiger partial charge in [0.05, 0.1) is 12.2 Å². The minimum Gasteiger partial charge on any atom is -0.482 e. The van der Waals surface area contributed by atoms with Crippen LogP contribution in [0.5, 0.6) is 5.75 Å². The van der Waals surface area contributed by atoms with Crippen LogP contribution in [0.4, 0.5) is 0 Å². The fourth-order valence-corrected chi connectivity index (χ4v) is 8.25. The highest BCUT2D eigenvalue weighted by atomic mass is 16.6. The van der Waals surface area contributed by atoms with Crippen LogP contribution in [0.2, 0.25) is 0 Å². The highest BCUT2D eigenvalue weighted by Gasteiger charge is 2.55. The number of nitrogens with one attached hydrogen (secondary N) is 2. The van der Waals surface area contributed by atoms with E-state index in [-0.39, 0.29) is 24.6 Å². The molecule has 4 heterocycles. The largest absolute Gasteiger partial charge is 0.482 e. The van der Waals surface area contributed by atoms with Crippen molar-refractivity contribution in [3.8, 4) is 5.75 Å². The number of likely N-dealkylation sites (tertiary alicyclic amines) is 1. The van der Waals surface area contributed by atoms with Crippen LogP contribution in [0, 0.1) is 5.92 Å². The number of aliphatic hydroxyl groups is 1. The number of rotatable bonds is 12. The topological polar surface area (TPSA) is 156 Å². The van der Waals surface area contributed by atoms with Crippen molar-refractivity contribution in [2.24, 2.45) is 11.7 Å². The smallest absolute Gasteiger partial charge is 0.340 e. The Hall–Kier alpha value is -4.09.